The lowest BCUT2D eigenvalue weighted by Crippen LogP contribution is -2.33. The Morgan fingerprint density at radius 2 is 2.07 bits per heavy atom. The van der Waals surface area contributed by atoms with Gasteiger partial charge in [-0.05, 0) is 60.2 Å². The van der Waals surface area contributed by atoms with Crippen LogP contribution in [-0.2, 0) is 22.4 Å². The average Bonchev–Trinajstić information content (AvgIpc) is 2.78. The molecule has 2 aliphatic heterocycles. The van der Waals surface area contributed by atoms with Gasteiger partial charge in [-0.15, -0.1) is 0 Å². The van der Waals surface area contributed by atoms with Crippen LogP contribution in [0.4, 0.5) is 5.82 Å². The maximum absolute atomic E-state index is 12.5. The summed E-state index contributed by atoms with van der Waals surface area (Å²) in [5.74, 6) is 0.588. The third kappa shape index (κ3) is 4.64. The highest BCUT2D eigenvalue weighted by Gasteiger charge is 2.17. The molecule has 6 heteroatoms. The third-order valence-electron chi connectivity index (χ3n) is 5.41. The van der Waals surface area contributed by atoms with E-state index < -0.39 is 0 Å². The van der Waals surface area contributed by atoms with Crippen LogP contribution in [0.25, 0.3) is 6.08 Å². The molecule has 3 heterocycles. The summed E-state index contributed by atoms with van der Waals surface area (Å²) in [7, 11) is 0. The smallest absolute Gasteiger partial charge is 0.246 e. The molecule has 4 rings (SSSR count). The minimum Gasteiger partial charge on any atom is -0.335 e. The second kappa shape index (κ2) is 8.75. The van der Waals surface area contributed by atoms with Gasteiger partial charge in [0.25, 0.3) is 0 Å². The number of aromatic nitrogens is 1. The molecule has 1 aromatic carbocycles. The topological polar surface area (TPSA) is 86.1 Å². The number of carbonyl (C=O) groups is 2. The van der Waals surface area contributed by atoms with Crippen LogP contribution in [-0.4, -0.2) is 34.8 Å². The Kier molecular flexibility index (Phi) is 5.71. The van der Waals surface area contributed by atoms with Gasteiger partial charge in [0.1, 0.15) is 5.82 Å². The van der Waals surface area contributed by atoms with E-state index in [-0.39, 0.29) is 11.8 Å². The van der Waals surface area contributed by atoms with Gasteiger partial charge in [-0.2, -0.15) is 5.26 Å². The number of nitrogens with zero attached hydrogens (tertiary/aromatic N) is 3. The monoisotopic (exact) mass is 398 g/mol. The molecular formula is C24H22N4O2. The fourth-order valence-corrected chi connectivity index (χ4v) is 3.67. The number of nitriles is 1. The van der Waals surface area contributed by atoms with Gasteiger partial charge >= 0.3 is 0 Å². The first-order valence-electron chi connectivity index (χ1n) is 10.0. The molecule has 0 fully saturated rings. The number of rotatable bonds is 4. The summed E-state index contributed by atoms with van der Waals surface area (Å²) in [5.41, 5.74) is 5.01. The van der Waals surface area contributed by atoms with Crippen LogP contribution in [0, 0.1) is 11.3 Å². The van der Waals surface area contributed by atoms with Crippen molar-refractivity contribution in [2.45, 2.75) is 25.7 Å². The molecule has 2 aromatic rings. The van der Waals surface area contributed by atoms with Crippen LogP contribution in [0.3, 0.4) is 0 Å². The van der Waals surface area contributed by atoms with Gasteiger partial charge in [-0.1, -0.05) is 23.8 Å². The number of fused-ring (bicyclic) bond motifs is 1. The standard InChI is InChI=1S/C24H22N4O2/c25-15-19-3-1-17(2-4-19)13-18-9-11-28(12-10-18)23(30)8-5-20-14-21-6-7-22(29)27-24(21)26-16-20/h1-5,8-9,14,16H,6-7,10-13H2,(H,26,27,29)/b8-5+. The quantitative estimate of drug-likeness (QED) is 0.633. The van der Waals surface area contributed by atoms with Crippen molar-refractivity contribution in [3.63, 3.8) is 0 Å². The number of anilines is 1. The van der Waals surface area contributed by atoms with Crippen molar-refractivity contribution in [2.75, 3.05) is 18.4 Å². The van der Waals surface area contributed by atoms with Crippen molar-refractivity contribution in [3.05, 3.63) is 76.5 Å². The van der Waals surface area contributed by atoms with Crippen molar-refractivity contribution in [1.82, 2.24) is 9.88 Å². The summed E-state index contributed by atoms with van der Waals surface area (Å²) in [4.78, 5) is 30.1. The molecule has 0 radical (unpaired) electrons. The zero-order chi connectivity index (χ0) is 20.9. The normalized spacial score (nSPS) is 15.9. The minimum absolute atomic E-state index is 0.00910. The molecule has 0 bridgehead atoms. The van der Waals surface area contributed by atoms with Gasteiger partial charge in [0, 0.05) is 31.8 Å². The predicted octanol–water partition coefficient (Wildman–Crippen LogP) is 3.25. The Morgan fingerprint density at radius 3 is 2.80 bits per heavy atom. The van der Waals surface area contributed by atoms with E-state index in [4.69, 9.17) is 5.26 Å². The Morgan fingerprint density at radius 1 is 1.23 bits per heavy atom. The third-order valence-corrected chi connectivity index (χ3v) is 5.41. The van der Waals surface area contributed by atoms with Gasteiger partial charge < -0.3 is 10.2 Å². The second-order valence-electron chi connectivity index (χ2n) is 7.54. The molecule has 1 aromatic heterocycles. The van der Waals surface area contributed by atoms with Crippen molar-refractivity contribution in [1.29, 1.82) is 5.26 Å². The van der Waals surface area contributed by atoms with Crippen LogP contribution >= 0.6 is 0 Å². The van der Waals surface area contributed by atoms with Gasteiger partial charge in [-0.3, -0.25) is 9.59 Å². The number of benzene rings is 1. The summed E-state index contributed by atoms with van der Waals surface area (Å²) in [6.45, 7) is 1.29. The Bertz CT molecular complexity index is 1080. The molecule has 150 valence electrons. The zero-order valence-corrected chi connectivity index (χ0v) is 16.6. The number of amides is 2. The van der Waals surface area contributed by atoms with Gasteiger partial charge in [0.15, 0.2) is 0 Å². The highest BCUT2D eigenvalue weighted by Crippen LogP contribution is 2.22. The minimum atomic E-state index is -0.0188. The summed E-state index contributed by atoms with van der Waals surface area (Å²) in [6.07, 6.45) is 9.98. The van der Waals surface area contributed by atoms with Gasteiger partial charge in [0.2, 0.25) is 11.8 Å². The Balaban J connectivity index is 1.33. The van der Waals surface area contributed by atoms with Crippen molar-refractivity contribution in [3.8, 4) is 6.07 Å². The second-order valence-corrected chi connectivity index (χ2v) is 7.54. The molecule has 6 nitrogen and oxygen atoms in total. The van der Waals surface area contributed by atoms with E-state index in [1.54, 1.807) is 18.3 Å². The van der Waals surface area contributed by atoms with Crippen molar-refractivity contribution >= 4 is 23.7 Å². The summed E-state index contributed by atoms with van der Waals surface area (Å²) >= 11 is 0. The van der Waals surface area contributed by atoms with Crippen LogP contribution in [0.1, 0.15) is 35.1 Å². The Hall–Kier alpha value is -3.72. The molecule has 2 amide bonds. The molecular weight excluding hydrogens is 376 g/mol. The maximum atomic E-state index is 12.5. The molecule has 0 saturated heterocycles. The first kappa shape index (κ1) is 19.6. The van der Waals surface area contributed by atoms with Crippen LogP contribution in [0.5, 0.6) is 0 Å². The molecule has 0 atom stereocenters. The molecule has 30 heavy (non-hydrogen) atoms. The largest absolute Gasteiger partial charge is 0.335 e. The molecule has 0 spiro atoms. The van der Waals surface area contributed by atoms with E-state index in [1.165, 1.54) is 11.1 Å². The van der Waals surface area contributed by atoms with E-state index in [9.17, 15) is 9.59 Å². The summed E-state index contributed by atoms with van der Waals surface area (Å²) < 4.78 is 0. The molecule has 2 aliphatic rings. The maximum Gasteiger partial charge on any atom is 0.246 e. The van der Waals surface area contributed by atoms with Crippen LogP contribution < -0.4 is 5.32 Å². The summed E-state index contributed by atoms with van der Waals surface area (Å²) in [6, 6.07) is 11.7. The predicted molar refractivity (Wildman–Crippen MR) is 114 cm³/mol. The average molecular weight is 398 g/mol. The number of aryl methyl sites for hydroxylation is 1. The molecule has 0 saturated carbocycles. The number of hydrogen-bond acceptors (Lipinski definition) is 4. The van der Waals surface area contributed by atoms with E-state index in [0.717, 1.165) is 24.0 Å². The first-order chi connectivity index (χ1) is 14.6. The van der Waals surface area contributed by atoms with E-state index in [1.807, 2.05) is 35.2 Å². The lowest BCUT2D eigenvalue weighted by molar-refractivity contribution is -0.125. The SMILES string of the molecule is N#Cc1ccc(CC2=CCN(C(=O)/C=C/c3cnc4c(c3)CCC(=O)N4)CC2)cc1. The highest BCUT2D eigenvalue weighted by atomic mass is 16.2. The number of pyridine rings is 1. The summed E-state index contributed by atoms with van der Waals surface area (Å²) in [5, 5.41) is 11.6. The Labute approximate surface area is 175 Å². The van der Waals surface area contributed by atoms with E-state index in [2.05, 4.69) is 22.4 Å². The molecule has 0 unspecified atom stereocenters. The molecule has 1 N–H and O–H groups in total. The molecule has 0 aliphatic carbocycles. The number of hydrogen-bond donors (Lipinski definition) is 1. The fourth-order valence-electron chi connectivity index (χ4n) is 3.67. The van der Waals surface area contributed by atoms with E-state index >= 15 is 0 Å². The highest BCUT2D eigenvalue weighted by molar-refractivity contribution is 5.94. The number of nitrogens with one attached hydrogen (secondary N) is 1. The zero-order valence-electron chi connectivity index (χ0n) is 16.6. The first-order valence-corrected chi connectivity index (χ1v) is 10.0. The van der Waals surface area contributed by atoms with Crippen molar-refractivity contribution in [2.24, 2.45) is 0 Å². The van der Waals surface area contributed by atoms with Crippen LogP contribution in [0.2, 0.25) is 0 Å². The lowest BCUT2D eigenvalue weighted by Gasteiger charge is -2.25. The van der Waals surface area contributed by atoms with Gasteiger partial charge in [0.05, 0.1) is 11.6 Å². The number of carbonyl (C=O) groups excluding carboxylic acids is 2. The van der Waals surface area contributed by atoms with Crippen LogP contribution in [0.15, 0.2) is 54.3 Å². The fraction of sp³-hybridized carbons (Fsp3) is 0.250. The lowest BCUT2D eigenvalue weighted by atomic mass is 9.99. The van der Waals surface area contributed by atoms with E-state index in [0.29, 0.717) is 37.3 Å². The van der Waals surface area contributed by atoms with Gasteiger partial charge in [-0.25, -0.2) is 4.98 Å². The van der Waals surface area contributed by atoms with Crippen molar-refractivity contribution < 1.29 is 9.59 Å².